The summed E-state index contributed by atoms with van der Waals surface area (Å²) in [6.07, 6.45) is 10.5. The molecule has 1 aromatic heterocycles. The fourth-order valence-corrected chi connectivity index (χ4v) is 3.09. The van der Waals surface area contributed by atoms with Crippen molar-refractivity contribution in [2.75, 3.05) is 19.6 Å². The first kappa shape index (κ1) is 19.2. The Bertz CT molecular complexity index is 608. The first-order valence-electron chi connectivity index (χ1n) is 9.21. The molecule has 1 aromatic rings. The van der Waals surface area contributed by atoms with E-state index in [1.807, 2.05) is 6.21 Å². The van der Waals surface area contributed by atoms with Crippen molar-refractivity contribution in [3.63, 3.8) is 0 Å². The summed E-state index contributed by atoms with van der Waals surface area (Å²) in [7, 11) is 0. The SMILES string of the molecule is CCC(C=NC(=N)c1cc(C(N)=O)ccn1)CCCCN1CCCC1. The van der Waals surface area contributed by atoms with Crippen LogP contribution in [-0.2, 0) is 0 Å². The lowest BCUT2D eigenvalue weighted by atomic mass is 10.0. The minimum absolute atomic E-state index is 0.0682. The van der Waals surface area contributed by atoms with Gasteiger partial charge in [-0.3, -0.25) is 15.2 Å². The molecule has 1 amide bonds. The molecular formula is C19H29N5O. The third-order valence-electron chi connectivity index (χ3n) is 4.72. The van der Waals surface area contributed by atoms with Crippen LogP contribution in [0.25, 0.3) is 0 Å². The van der Waals surface area contributed by atoms with Gasteiger partial charge in [-0.15, -0.1) is 0 Å². The van der Waals surface area contributed by atoms with Crippen LogP contribution < -0.4 is 5.73 Å². The van der Waals surface area contributed by atoms with Gasteiger partial charge in [-0.1, -0.05) is 13.3 Å². The smallest absolute Gasteiger partial charge is 0.248 e. The molecule has 0 aliphatic carbocycles. The van der Waals surface area contributed by atoms with Crippen LogP contribution in [-0.4, -0.2) is 47.5 Å². The summed E-state index contributed by atoms with van der Waals surface area (Å²) in [5, 5.41) is 8.04. The zero-order chi connectivity index (χ0) is 18.1. The summed E-state index contributed by atoms with van der Waals surface area (Å²) >= 11 is 0. The lowest BCUT2D eigenvalue weighted by Gasteiger charge is -2.15. The molecule has 6 nitrogen and oxygen atoms in total. The van der Waals surface area contributed by atoms with E-state index in [0.717, 1.165) is 12.8 Å². The van der Waals surface area contributed by atoms with Gasteiger partial charge in [0.1, 0.15) is 5.69 Å². The first-order chi connectivity index (χ1) is 12.1. The van der Waals surface area contributed by atoms with Gasteiger partial charge in [0.15, 0.2) is 5.84 Å². The molecule has 1 fully saturated rings. The second-order valence-corrected chi connectivity index (χ2v) is 6.63. The highest BCUT2D eigenvalue weighted by Crippen LogP contribution is 2.14. The van der Waals surface area contributed by atoms with E-state index in [1.165, 1.54) is 63.6 Å². The predicted molar refractivity (Wildman–Crippen MR) is 101 cm³/mol. The van der Waals surface area contributed by atoms with E-state index in [4.69, 9.17) is 11.1 Å². The summed E-state index contributed by atoms with van der Waals surface area (Å²) in [5.74, 6) is -0.0817. The van der Waals surface area contributed by atoms with Crippen molar-refractivity contribution in [1.29, 1.82) is 5.41 Å². The largest absolute Gasteiger partial charge is 0.366 e. The monoisotopic (exact) mass is 343 g/mol. The highest BCUT2D eigenvalue weighted by molar-refractivity contribution is 6.01. The summed E-state index contributed by atoms with van der Waals surface area (Å²) in [4.78, 5) is 22.1. The normalized spacial score (nSPS) is 16.4. The lowest BCUT2D eigenvalue weighted by Crippen LogP contribution is -2.20. The van der Waals surface area contributed by atoms with Crippen LogP contribution >= 0.6 is 0 Å². The number of nitrogens with two attached hydrogens (primary N) is 1. The van der Waals surface area contributed by atoms with Crippen LogP contribution in [0.15, 0.2) is 23.3 Å². The number of unbranched alkanes of at least 4 members (excludes halogenated alkanes) is 1. The van der Waals surface area contributed by atoms with Crippen LogP contribution in [0.3, 0.4) is 0 Å². The van der Waals surface area contributed by atoms with Crippen molar-refractivity contribution in [2.24, 2.45) is 16.6 Å². The molecule has 0 aromatic carbocycles. The number of hydrogen-bond donors (Lipinski definition) is 2. The number of primary amides is 1. The average molecular weight is 343 g/mol. The Morgan fingerprint density at radius 1 is 1.44 bits per heavy atom. The van der Waals surface area contributed by atoms with E-state index >= 15 is 0 Å². The number of amides is 1. The standard InChI is InChI=1S/C19H29N5O/c1-2-15(7-3-4-10-24-11-5-6-12-24)14-23-18(20)17-13-16(19(21)25)8-9-22-17/h8-9,13-15,20H,2-7,10-12H2,1H3,(H2,21,25). The molecular weight excluding hydrogens is 314 g/mol. The third-order valence-corrected chi connectivity index (χ3v) is 4.72. The minimum atomic E-state index is -0.523. The number of carbonyl (C=O) groups excluding carboxylic acids is 1. The molecule has 1 unspecified atom stereocenters. The Morgan fingerprint density at radius 2 is 2.20 bits per heavy atom. The summed E-state index contributed by atoms with van der Waals surface area (Å²) in [6.45, 7) is 5.86. The molecule has 0 spiro atoms. The fraction of sp³-hybridized carbons (Fsp3) is 0.579. The van der Waals surface area contributed by atoms with Crippen LogP contribution in [0.4, 0.5) is 0 Å². The van der Waals surface area contributed by atoms with Crippen LogP contribution in [0.5, 0.6) is 0 Å². The number of rotatable bonds is 9. The number of aromatic nitrogens is 1. The summed E-state index contributed by atoms with van der Waals surface area (Å²) in [6, 6.07) is 3.05. The number of amidine groups is 1. The van der Waals surface area contributed by atoms with Crippen LogP contribution in [0.1, 0.15) is 61.5 Å². The number of likely N-dealkylation sites (tertiary alicyclic amines) is 1. The van der Waals surface area contributed by atoms with Gasteiger partial charge in [0.25, 0.3) is 0 Å². The zero-order valence-electron chi connectivity index (χ0n) is 15.1. The number of carbonyl (C=O) groups is 1. The van der Waals surface area contributed by atoms with Crippen molar-refractivity contribution in [3.05, 3.63) is 29.6 Å². The third kappa shape index (κ3) is 6.38. The maximum Gasteiger partial charge on any atom is 0.248 e. The van der Waals surface area contributed by atoms with Crippen molar-refractivity contribution in [1.82, 2.24) is 9.88 Å². The lowest BCUT2D eigenvalue weighted by molar-refractivity contribution is 0.1000. The molecule has 1 atom stereocenters. The fourth-order valence-electron chi connectivity index (χ4n) is 3.09. The Kier molecular flexibility index (Phi) is 7.73. The Hall–Kier alpha value is -2.08. The van der Waals surface area contributed by atoms with Gasteiger partial charge in [0, 0.05) is 18.0 Å². The first-order valence-corrected chi connectivity index (χ1v) is 9.21. The van der Waals surface area contributed by atoms with Gasteiger partial charge in [-0.2, -0.15) is 0 Å². The van der Waals surface area contributed by atoms with Crippen LogP contribution in [0.2, 0.25) is 0 Å². The number of nitrogens with zero attached hydrogens (tertiary/aromatic N) is 3. The molecule has 0 saturated carbocycles. The van der Waals surface area contributed by atoms with Crippen LogP contribution in [0, 0.1) is 11.3 Å². The topological polar surface area (TPSA) is 95.4 Å². The molecule has 3 N–H and O–H groups in total. The van der Waals surface area contributed by atoms with Gasteiger partial charge in [-0.05, 0) is 69.8 Å². The Labute approximate surface area is 150 Å². The molecule has 0 radical (unpaired) electrons. The highest BCUT2D eigenvalue weighted by atomic mass is 16.1. The molecule has 6 heteroatoms. The average Bonchev–Trinajstić information content (AvgIpc) is 3.14. The minimum Gasteiger partial charge on any atom is -0.366 e. The quantitative estimate of drug-likeness (QED) is 0.410. The van der Waals surface area contributed by atoms with E-state index in [-0.39, 0.29) is 5.84 Å². The van der Waals surface area contributed by atoms with E-state index in [9.17, 15) is 4.79 Å². The molecule has 136 valence electrons. The molecule has 25 heavy (non-hydrogen) atoms. The van der Waals surface area contributed by atoms with Crippen molar-refractivity contribution in [3.8, 4) is 0 Å². The van der Waals surface area contributed by atoms with Gasteiger partial charge in [0.05, 0.1) is 0 Å². The predicted octanol–water partition coefficient (Wildman–Crippen LogP) is 2.87. The number of hydrogen-bond acceptors (Lipinski definition) is 4. The molecule has 1 aliphatic heterocycles. The van der Waals surface area contributed by atoms with Gasteiger partial charge >= 0.3 is 0 Å². The van der Waals surface area contributed by atoms with Gasteiger partial charge in [-0.25, -0.2) is 4.99 Å². The maximum absolute atomic E-state index is 11.2. The van der Waals surface area contributed by atoms with E-state index in [1.54, 1.807) is 0 Å². The summed E-state index contributed by atoms with van der Waals surface area (Å²) in [5.41, 5.74) is 5.98. The zero-order valence-corrected chi connectivity index (χ0v) is 15.1. The van der Waals surface area contributed by atoms with Crippen molar-refractivity contribution in [2.45, 2.75) is 45.4 Å². The second kappa shape index (κ2) is 10.0. The molecule has 2 heterocycles. The van der Waals surface area contributed by atoms with E-state index in [2.05, 4.69) is 21.8 Å². The van der Waals surface area contributed by atoms with Gasteiger partial charge in [0.2, 0.25) is 5.91 Å². The molecule has 1 saturated heterocycles. The Morgan fingerprint density at radius 3 is 2.88 bits per heavy atom. The highest BCUT2D eigenvalue weighted by Gasteiger charge is 2.11. The van der Waals surface area contributed by atoms with Gasteiger partial charge < -0.3 is 10.6 Å². The molecule has 0 bridgehead atoms. The number of pyridine rings is 1. The number of aliphatic imine (C=N–C) groups is 1. The van der Waals surface area contributed by atoms with E-state index in [0.29, 0.717) is 17.2 Å². The van der Waals surface area contributed by atoms with E-state index < -0.39 is 5.91 Å². The van der Waals surface area contributed by atoms with Crippen molar-refractivity contribution < 1.29 is 4.79 Å². The Balaban J connectivity index is 1.79. The summed E-state index contributed by atoms with van der Waals surface area (Å²) < 4.78 is 0. The number of nitrogens with one attached hydrogen (secondary N) is 1. The van der Waals surface area contributed by atoms with Crippen molar-refractivity contribution >= 4 is 18.0 Å². The maximum atomic E-state index is 11.2. The molecule has 1 aliphatic rings. The molecule has 2 rings (SSSR count). The second-order valence-electron chi connectivity index (χ2n) is 6.63.